The third-order valence-corrected chi connectivity index (χ3v) is 1.95. The topological polar surface area (TPSA) is 67.8 Å². The van der Waals surface area contributed by atoms with Crippen molar-refractivity contribution in [1.29, 1.82) is 0 Å². The Bertz CT molecular complexity index is 174. The summed E-state index contributed by atoms with van der Waals surface area (Å²) in [5.41, 5.74) is 0. The molecule has 1 aliphatic heterocycles. The molecule has 76 valence electrons. The molecule has 1 heterocycles. The summed E-state index contributed by atoms with van der Waals surface area (Å²) in [6.07, 6.45) is -0.151. The van der Waals surface area contributed by atoms with Crippen molar-refractivity contribution >= 4 is 5.97 Å². The molecule has 0 bridgehead atoms. The van der Waals surface area contributed by atoms with Gasteiger partial charge < -0.3 is 19.9 Å². The largest absolute Gasteiger partial charge is 0.469 e. The highest BCUT2D eigenvalue weighted by Crippen LogP contribution is 2.07. The molecule has 5 heteroatoms. The van der Waals surface area contributed by atoms with E-state index < -0.39 is 0 Å². The van der Waals surface area contributed by atoms with Crippen LogP contribution in [0, 0.1) is 0 Å². The molecule has 0 aromatic heterocycles. The summed E-state index contributed by atoms with van der Waals surface area (Å²) in [5.74, 6) is -0.287. The van der Waals surface area contributed by atoms with Gasteiger partial charge in [0.2, 0.25) is 0 Å². The van der Waals surface area contributed by atoms with Gasteiger partial charge in [0.15, 0.2) is 0 Å². The van der Waals surface area contributed by atoms with Crippen LogP contribution in [0.1, 0.15) is 6.42 Å². The van der Waals surface area contributed by atoms with Crippen molar-refractivity contribution in [3.63, 3.8) is 0 Å². The molecule has 0 spiro atoms. The zero-order chi connectivity index (χ0) is 9.68. The summed E-state index contributed by atoms with van der Waals surface area (Å²) in [7, 11) is 1.35. The molecule has 0 radical (unpaired) electrons. The van der Waals surface area contributed by atoms with Crippen LogP contribution in [0.25, 0.3) is 0 Å². The molecule has 1 saturated heterocycles. The number of esters is 1. The Kier molecular flexibility index (Phi) is 4.14. The van der Waals surface area contributed by atoms with Crippen LogP contribution in [0.15, 0.2) is 0 Å². The molecular weight excluding hydrogens is 174 g/mol. The van der Waals surface area contributed by atoms with Crippen molar-refractivity contribution in [2.24, 2.45) is 0 Å². The molecule has 5 nitrogen and oxygen atoms in total. The Labute approximate surface area is 77.0 Å². The fourth-order valence-electron chi connectivity index (χ4n) is 1.27. The number of morpholine rings is 1. The van der Waals surface area contributed by atoms with E-state index in [-0.39, 0.29) is 31.2 Å². The normalized spacial score (nSPS) is 28.5. The number of aliphatic hydroxyl groups is 1. The number of rotatable bonds is 3. The van der Waals surface area contributed by atoms with Gasteiger partial charge in [0, 0.05) is 13.1 Å². The minimum absolute atomic E-state index is 0.0231. The van der Waals surface area contributed by atoms with E-state index in [2.05, 4.69) is 10.1 Å². The Hall–Kier alpha value is -0.650. The molecule has 13 heavy (non-hydrogen) atoms. The van der Waals surface area contributed by atoms with Crippen LogP contribution in [-0.4, -0.2) is 50.1 Å². The lowest BCUT2D eigenvalue weighted by Gasteiger charge is -2.29. The summed E-state index contributed by atoms with van der Waals surface area (Å²) >= 11 is 0. The quantitative estimate of drug-likeness (QED) is 0.551. The standard InChI is InChI=1S/C8H15NO4/c1-12-8(11)2-6-3-9-4-7(5-10)13-6/h6-7,9-10H,2-5H2,1H3. The zero-order valence-corrected chi connectivity index (χ0v) is 7.66. The second-order valence-corrected chi connectivity index (χ2v) is 3.00. The average Bonchev–Trinajstić information content (AvgIpc) is 2.18. The number of nitrogens with one attached hydrogen (secondary N) is 1. The van der Waals surface area contributed by atoms with E-state index in [1.165, 1.54) is 7.11 Å². The van der Waals surface area contributed by atoms with Gasteiger partial charge in [0.25, 0.3) is 0 Å². The lowest BCUT2D eigenvalue weighted by Crippen LogP contribution is -2.46. The maximum atomic E-state index is 10.9. The first-order valence-corrected chi connectivity index (χ1v) is 4.30. The molecule has 2 N–H and O–H groups in total. The van der Waals surface area contributed by atoms with Gasteiger partial charge in [-0.15, -0.1) is 0 Å². The summed E-state index contributed by atoms with van der Waals surface area (Å²) in [5, 5.41) is 11.9. The molecule has 0 aromatic rings. The van der Waals surface area contributed by atoms with E-state index in [0.717, 1.165) is 0 Å². The smallest absolute Gasteiger partial charge is 0.308 e. The van der Waals surface area contributed by atoms with Crippen LogP contribution in [0.5, 0.6) is 0 Å². The fourth-order valence-corrected chi connectivity index (χ4v) is 1.27. The van der Waals surface area contributed by atoms with Crippen molar-refractivity contribution in [3.8, 4) is 0 Å². The Morgan fingerprint density at radius 2 is 2.31 bits per heavy atom. The number of carbonyl (C=O) groups is 1. The summed E-state index contributed by atoms with van der Waals surface area (Å²) in [6.45, 7) is 1.24. The van der Waals surface area contributed by atoms with Crippen molar-refractivity contribution in [2.45, 2.75) is 18.6 Å². The lowest BCUT2D eigenvalue weighted by atomic mass is 10.2. The summed E-state index contributed by atoms with van der Waals surface area (Å²) in [6, 6.07) is 0. The maximum Gasteiger partial charge on any atom is 0.308 e. The van der Waals surface area contributed by atoms with Crippen LogP contribution in [-0.2, 0) is 14.3 Å². The van der Waals surface area contributed by atoms with Gasteiger partial charge in [-0.05, 0) is 0 Å². The fraction of sp³-hybridized carbons (Fsp3) is 0.875. The second-order valence-electron chi connectivity index (χ2n) is 3.00. The van der Waals surface area contributed by atoms with Crippen LogP contribution in [0.2, 0.25) is 0 Å². The Morgan fingerprint density at radius 1 is 1.62 bits per heavy atom. The Morgan fingerprint density at radius 3 is 2.92 bits per heavy atom. The number of ether oxygens (including phenoxy) is 2. The van der Waals surface area contributed by atoms with Gasteiger partial charge in [0.05, 0.1) is 32.3 Å². The third-order valence-electron chi connectivity index (χ3n) is 1.95. The number of hydrogen-bond donors (Lipinski definition) is 2. The van der Waals surface area contributed by atoms with Gasteiger partial charge in [0.1, 0.15) is 0 Å². The molecule has 2 unspecified atom stereocenters. The molecule has 0 aliphatic carbocycles. The van der Waals surface area contributed by atoms with Crippen LogP contribution >= 0.6 is 0 Å². The highest BCUT2D eigenvalue weighted by Gasteiger charge is 2.23. The van der Waals surface area contributed by atoms with Crippen LogP contribution in [0.3, 0.4) is 0 Å². The van der Waals surface area contributed by atoms with Crippen LogP contribution < -0.4 is 5.32 Å². The Balaban J connectivity index is 2.29. The highest BCUT2D eigenvalue weighted by molar-refractivity contribution is 5.69. The number of aliphatic hydroxyl groups excluding tert-OH is 1. The SMILES string of the molecule is COC(=O)CC1CNCC(CO)O1. The van der Waals surface area contributed by atoms with E-state index >= 15 is 0 Å². The molecule has 1 fully saturated rings. The second kappa shape index (κ2) is 5.16. The molecule has 1 aliphatic rings. The van der Waals surface area contributed by atoms with E-state index in [9.17, 15) is 4.79 Å². The highest BCUT2D eigenvalue weighted by atomic mass is 16.5. The van der Waals surface area contributed by atoms with Gasteiger partial charge in [-0.1, -0.05) is 0 Å². The summed E-state index contributed by atoms with van der Waals surface area (Å²) < 4.78 is 9.91. The van der Waals surface area contributed by atoms with Crippen molar-refractivity contribution < 1.29 is 19.4 Å². The summed E-state index contributed by atoms with van der Waals surface area (Å²) in [4.78, 5) is 10.9. The number of hydrogen-bond acceptors (Lipinski definition) is 5. The van der Waals surface area contributed by atoms with Crippen molar-refractivity contribution in [3.05, 3.63) is 0 Å². The van der Waals surface area contributed by atoms with Crippen molar-refractivity contribution in [1.82, 2.24) is 5.32 Å². The molecule has 0 saturated carbocycles. The number of carbonyl (C=O) groups excluding carboxylic acids is 1. The van der Waals surface area contributed by atoms with Crippen LogP contribution in [0.4, 0.5) is 0 Å². The molecule has 2 atom stereocenters. The molecule has 1 rings (SSSR count). The third kappa shape index (κ3) is 3.30. The first-order chi connectivity index (χ1) is 6.26. The molecule has 0 amide bonds. The van der Waals surface area contributed by atoms with Crippen molar-refractivity contribution in [2.75, 3.05) is 26.8 Å². The maximum absolute atomic E-state index is 10.9. The molecular formula is C8H15NO4. The predicted octanol–water partition coefficient (Wildman–Crippen LogP) is -1.10. The van der Waals surface area contributed by atoms with Gasteiger partial charge in [-0.2, -0.15) is 0 Å². The lowest BCUT2D eigenvalue weighted by molar-refractivity contribution is -0.146. The van der Waals surface area contributed by atoms with Gasteiger partial charge in [-0.3, -0.25) is 4.79 Å². The number of methoxy groups -OCH3 is 1. The average molecular weight is 189 g/mol. The van der Waals surface area contributed by atoms with E-state index in [4.69, 9.17) is 9.84 Å². The van der Waals surface area contributed by atoms with Gasteiger partial charge in [-0.25, -0.2) is 0 Å². The minimum Gasteiger partial charge on any atom is -0.469 e. The minimum atomic E-state index is -0.287. The first-order valence-electron chi connectivity index (χ1n) is 4.30. The van der Waals surface area contributed by atoms with E-state index in [0.29, 0.717) is 13.1 Å². The van der Waals surface area contributed by atoms with Gasteiger partial charge >= 0.3 is 5.97 Å². The predicted molar refractivity (Wildman–Crippen MR) is 45.2 cm³/mol. The van der Waals surface area contributed by atoms with E-state index in [1.807, 2.05) is 0 Å². The molecule has 0 aromatic carbocycles. The monoisotopic (exact) mass is 189 g/mol. The van der Waals surface area contributed by atoms with E-state index in [1.54, 1.807) is 0 Å². The zero-order valence-electron chi connectivity index (χ0n) is 7.66. The first kappa shape index (κ1) is 10.4.